The number of carbonyl (C=O) groups is 1. The highest BCUT2D eigenvalue weighted by atomic mass is 16.4. The van der Waals surface area contributed by atoms with Crippen LogP contribution in [0.15, 0.2) is 11.1 Å². The minimum absolute atomic E-state index is 0.112. The van der Waals surface area contributed by atoms with Gasteiger partial charge in [-0.2, -0.15) is 0 Å². The fraction of sp³-hybridized carbons (Fsp3) is 0.875. The number of hydrogen-bond acceptors (Lipinski definition) is 4. The Morgan fingerprint density at radius 3 is 2.64 bits per heavy atom. The summed E-state index contributed by atoms with van der Waals surface area (Å²) in [6.07, 6.45) is 8.37. The highest BCUT2D eigenvalue weighted by molar-refractivity contribution is 5.64. The van der Waals surface area contributed by atoms with Gasteiger partial charge < -0.3 is 20.1 Å². The minimum Gasteiger partial charge on any atom is -0.550 e. The lowest BCUT2D eigenvalue weighted by atomic mass is 9.48. The van der Waals surface area contributed by atoms with Gasteiger partial charge in [0.05, 0.1) is 12.2 Å². The molecule has 0 heterocycles. The maximum Gasteiger partial charge on any atom is 0.0639 e. The molecule has 0 aromatic rings. The molecule has 2 N–H and O–H groups in total. The number of carbonyl (C=O) groups excluding carboxylic acids is 1. The molecule has 4 aliphatic rings. The molecule has 0 aromatic carbocycles. The van der Waals surface area contributed by atoms with E-state index in [1.54, 1.807) is 5.57 Å². The molecular formula is C24H37O4-. The minimum atomic E-state index is -0.969. The van der Waals surface area contributed by atoms with Gasteiger partial charge in [-0.15, -0.1) is 0 Å². The maximum atomic E-state index is 11.4. The van der Waals surface area contributed by atoms with Crippen LogP contribution in [0.1, 0.15) is 85.0 Å². The number of aliphatic hydroxyl groups excluding tert-OH is 2. The first kappa shape index (κ1) is 20.4. The third-order valence-electron chi connectivity index (χ3n) is 9.64. The first-order chi connectivity index (χ1) is 13.2. The molecule has 0 radical (unpaired) electrons. The zero-order valence-electron chi connectivity index (χ0n) is 17.7. The molecule has 28 heavy (non-hydrogen) atoms. The summed E-state index contributed by atoms with van der Waals surface area (Å²) in [5.74, 6) is 0.687. The first-order valence-corrected chi connectivity index (χ1v) is 11.5. The van der Waals surface area contributed by atoms with Crippen molar-refractivity contribution in [2.75, 3.05) is 0 Å². The number of fused-ring (bicyclic) bond motifs is 4. The number of rotatable bonds is 4. The third kappa shape index (κ3) is 2.98. The molecule has 158 valence electrons. The van der Waals surface area contributed by atoms with E-state index in [0.717, 1.165) is 44.9 Å². The van der Waals surface area contributed by atoms with Crippen LogP contribution in [-0.4, -0.2) is 28.4 Å². The molecule has 3 saturated carbocycles. The summed E-state index contributed by atoms with van der Waals surface area (Å²) in [7, 11) is 0. The van der Waals surface area contributed by atoms with Crippen LogP contribution < -0.4 is 5.11 Å². The van der Waals surface area contributed by atoms with Crippen molar-refractivity contribution < 1.29 is 20.1 Å². The summed E-state index contributed by atoms with van der Waals surface area (Å²) in [5.41, 5.74) is 3.14. The molecule has 0 unspecified atom stereocenters. The highest BCUT2D eigenvalue weighted by Gasteiger charge is 2.58. The van der Waals surface area contributed by atoms with Crippen LogP contribution in [0.5, 0.6) is 0 Å². The van der Waals surface area contributed by atoms with Gasteiger partial charge in [-0.3, -0.25) is 0 Å². The van der Waals surface area contributed by atoms with E-state index < -0.39 is 5.97 Å². The lowest BCUT2D eigenvalue weighted by Gasteiger charge is -2.58. The van der Waals surface area contributed by atoms with Gasteiger partial charge in [0.2, 0.25) is 0 Å². The van der Waals surface area contributed by atoms with Crippen LogP contribution in [0.25, 0.3) is 0 Å². The largest absolute Gasteiger partial charge is 0.550 e. The summed E-state index contributed by atoms with van der Waals surface area (Å²) in [4.78, 5) is 10.9. The van der Waals surface area contributed by atoms with Gasteiger partial charge >= 0.3 is 0 Å². The predicted octanol–water partition coefficient (Wildman–Crippen LogP) is 3.21. The predicted molar refractivity (Wildman–Crippen MR) is 106 cm³/mol. The second kappa shape index (κ2) is 7.12. The molecule has 4 nitrogen and oxygen atoms in total. The average Bonchev–Trinajstić information content (AvgIpc) is 3.00. The molecule has 0 bridgehead atoms. The van der Waals surface area contributed by atoms with Crippen LogP contribution in [0.2, 0.25) is 0 Å². The van der Waals surface area contributed by atoms with E-state index in [1.165, 1.54) is 12.0 Å². The SMILES string of the molecule is C[C@@H](CCC(=O)[O-])[C@H]1CCC2=C3CC[C@@H]4C[C@H](O)CC[C@]4(C)[C@@H]3C[C@H](O)[C@@]21C. The number of aliphatic carboxylic acids is 1. The third-order valence-corrected chi connectivity index (χ3v) is 9.64. The second-order valence-corrected chi connectivity index (χ2v) is 10.8. The Hall–Kier alpha value is -0.870. The number of carboxylic acid groups (broad SMARTS) is 1. The van der Waals surface area contributed by atoms with E-state index >= 15 is 0 Å². The zero-order chi connectivity index (χ0) is 20.3. The Kier molecular flexibility index (Phi) is 5.19. The number of allylic oxidation sites excluding steroid dienone is 1. The molecule has 4 heteroatoms. The molecular weight excluding hydrogens is 352 g/mol. The Bertz CT molecular complexity index is 670. The van der Waals surface area contributed by atoms with Crippen LogP contribution in [0.4, 0.5) is 0 Å². The number of hydrogen-bond donors (Lipinski definition) is 2. The Morgan fingerprint density at radius 1 is 1.18 bits per heavy atom. The van der Waals surface area contributed by atoms with E-state index in [2.05, 4.69) is 20.8 Å². The first-order valence-electron chi connectivity index (χ1n) is 11.5. The molecule has 4 rings (SSSR count). The summed E-state index contributed by atoms with van der Waals surface area (Å²) < 4.78 is 0. The van der Waals surface area contributed by atoms with Gasteiger partial charge in [-0.25, -0.2) is 0 Å². The molecule has 0 amide bonds. The molecule has 0 saturated heterocycles. The van der Waals surface area contributed by atoms with E-state index in [4.69, 9.17) is 0 Å². The molecule has 0 aromatic heterocycles. The maximum absolute atomic E-state index is 11.4. The number of carboxylic acids is 1. The lowest BCUT2D eigenvalue weighted by Crippen LogP contribution is -2.52. The van der Waals surface area contributed by atoms with Crippen LogP contribution in [-0.2, 0) is 4.79 Å². The van der Waals surface area contributed by atoms with Crippen LogP contribution in [0.3, 0.4) is 0 Å². The monoisotopic (exact) mass is 389 g/mol. The van der Waals surface area contributed by atoms with Crippen molar-refractivity contribution in [1.82, 2.24) is 0 Å². The molecule has 3 fully saturated rings. The lowest BCUT2D eigenvalue weighted by molar-refractivity contribution is -0.306. The summed E-state index contributed by atoms with van der Waals surface area (Å²) in [6, 6.07) is 0. The highest BCUT2D eigenvalue weighted by Crippen LogP contribution is 2.65. The average molecular weight is 390 g/mol. The van der Waals surface area contributed by atoms with Crippen molar-refractivity contribution >= 4 is 5.97 Å². The van der Waals surface area contributed by atoms with Crippen LogP contribution >= 0.6 is 0 Å². The van der Waals surface area contributed by atoms with Crippen molar-refractivity contribution in [3.63, 3.8) is 0 Å². The van der Waals surface area contributed by atoms with E-state index in [-0.39, 0.29) is 35.4 Å². The fourth-order valence-corrected chi connectivity index (χ4v) is 7.92. The Labute approximate surface area is 169 Å². The topological polar surface area (TPSA) is 80.6 Å². The second-order valence-electron chi connectivity index (χ2n) is 10.8. The van der Waals surface area contributed by atoms with Crippen molar-refractivity contribution in [3.8, 4) is 0 Å². The van der Waals surface area contributed by atoms with Gasteiger partial charge in [-0.05, 0) is 93.3 Å². The quantitative estimate of drug-likeness (QED) is 0.724. The van der Waals surface area contributed by atoms with E-state index in [0.29, 0.717) is 24.2 Å². The standard InChI is InChI=1S/C24H38O4/c1-14(4-9-22(27)28)18-7-8-19-17-6-5-15-12-16(25)10-11-23(15,2)20(17)13-21(26)24(18,19)3/h14-16,18,20-21,25-26H,4-13H2,1-3H3,(H,27,28)/p-1/t14-,15+,16+,18+,20+,21-,23-,24+/m0/s1. The fourth-order valence-electron chi connectivity index (χ4n) is 7.92. The van der Waals surface area contributed by atoms with Crippen molar-refractivity contribution in [1.29, 1.82) is 0 Å². The normalized spacial score (nSPS) is 46.5. The van der Waals surface area contributed by atoms with Gasteiger partial charge in [0.25, 0.3) is 0 Å². The number of aliphatic hydroxyl groups is 2. The van der Waals surface area contributed by atoms with E-state index in [9.17, 15) is 20.1 Å². The van der Waals surface area contributed by atoms with Gasteiger partial charge in [0, 0.05) is 11.4 Å². The van der Waals surface area contributed by atoms with E-state index in [1.807, 2.05) is 0 Å². The summed E-state index contributed by atoms with van der Waals surface area (Å²) in [5, 5.41) is 32.5. The summed E-state index contributed by atoms with van der Waals surface area (Å²) in [6.45, 7) is 6.83. The Balaban J connectivity index is 1.64. The zero-order valence-corrected chi connectivity index (χ0v) is 17.7. The van der Waals surface area contributed by atoms with Gasteiger partial charge in [0.15, 0.2) is 0 Å². The molecule has 0 aliphatic heterocycles. The van der Waals surface area contributed by atoms with Crippen molar-refractivity contribution in [2.45, 2.75) is 97.2 Å². The molecule has 8 atom stereocenters. The van der Waals surface area contributed by atoms with Crippen LogP contribution in [0, 0.1) is 34.5 Å². The molecule has 4 aliphatic carbocycles. The summed E-state index contributed by atoms with van der Waals surface area (Å²) >= 11 is 0. The van der Waals surface area contributed by atoms with Crippen molar-refractivity contribution in [2.24, 2.45) is 34.5 Å². The van der Waals surface area contributed by atoms with Gasteiger partial charge in [0.1, 0.15) is 0 Å². The smallest absolute Gasteiger partial charge is 0.0639 e. The Morgan fingerprint density at radius 2 is 1.93 bits per heavy atom. The van der Waals surface area contributed by atoms with Crippen molar-refractivity contribution in [3.05, 3.63) is 11.1 Å². The van der Waals surface area contributed by atoms with Gasteiger partial charge in [-0.1, -0.05) is 31.9 Å². The molecule has 0 spiro atoms.